The molecule has 0 amide bonds. The minimum absolute atomic E-state index is 0.244. The average molecular weight is 275 g/mol. The monoisotopic (exact) mass is 275 g/mol. The number of alkyl halides is 2. The number of carbonyl (C=O) groups excluding carboxylic acids is 2. The van der Waals surface area contributed by atoms with E-state index in [2.05, 4.69) is 4.74 Å². The van der Waals surface area contributed by atoms with Gasteiger partial charge < -0.3 is 19.4 Å². The van der Waals surface area contributed by atoms with Crippen molar-refractivity contribution in [2.75, 3.05) is 0 Å². The number of aliphatic carboxylic acids is 1. The van der Waals surface area contributed by atoms with Gasteiger partial charge in [0.15, 0.2) is 0 Å². The average Bonchev–Trinajstić information content (AvgIpc) is 2.46. The lowest BCUT2D eigenvalue weighted by Crippen LogP contribution is -2.51. The second-order valence-corrected chi connectivity index (χ2v) is 5.62. The van der Waals surface area contributed by atoms with E-state index in [4.69, 9.17) is 4.74 Å². The molecule has 0 radical (unpaired) electrons. The summed E-state index contributed by atoms with van der Waals surface area (Å²) in [4.78, 5) is 22.2. The van der Waals surface area contributed by atoms with E-state index in [0.717, 1.165) is 6.42 Å². The highest BCUT2D eigenvalue weighted by atomic mass is 19.3. The summed E-state index contributed by atoms with van der Waals surface area (Å²) in [6.45, 7) is 0. The zero-order valence-electron chi connectivity index (χ0n) is 10.0. The Kier molecular flexibility index (Phi) is 2.78. The SMILES string of the molecule is O=C1OC2CC3CC(C2)C(OC(F)(F)C(=O)[O-])C1C3. The van der Waals surface area contributed by atoms with Crippen molar-refractivity contribution in [1.82, 2.24) is 0 Å². The summed E-state index contributed by atoms with van der Waals surface area (Å²) in [6, 6.07) is 0. The largest absolute Gasteiger partial charge is 0.542 e. The molecule has 2 heterocycles. The van der Waals surface area contributed by atoms with Crippen LogP contribution < -0.4 is 5.11 Å². The Morgan fingerprint density at radius 2 is 2.05 bits per heavy atom. The molecule has 4 fully saturated rings. The van der Waals surface area contributed by atoms with Crippen LogP contribution in [-0.4, -0.2) is 30.3 Å². The predicted octanol–water partition coefficient (Wildman–Crippen LogP) is 0.0759. The lowest BCUT2D eigenvalue weighted by Gasteiger charge is -2.42. The van der Waals surface area contributed by atoms with Crippen LogP contribution in [0.4, 0.5) is 8.78 Å². The zero-order chi connectivity index (χ0) is 13.8. The van der Waals surface area contributed by atoms with Crippen LogP contribution in [0.5, 0.6) is 0 Å². The number of carboxylic acids is 1. The molecular formula is C12H13F2O5-. The lowest BCUT2D eigenvalue weighted by atomic mass is 9.66. The molecule has 2 saturated carbocycles. The van der Waals surface area contributed by atoms with Gasteiger partial charge in [0.05, 0.1) is 12.0 Å². The Morgan fingerprint density at radius 1 is 1.32 bits per heavy atom. The van der Waals surface area contributed by atoms with Gasteiger partial charge in [-0.05, 0) is 37.5 Å². The number of esters is 1. The Hall–Kier alpha value is -1.24. The Balaban J connectivity index is 1.85. The van der Waals surface area contributed by atoms with Gasteiger partial charge in [-0.3, -0.25) is 4.79 Å². The highest BCUT2D eigenvalue weighted by Crippen LogP contribution is 2.49. The quantitative estimate of drug-likeness (QED) is 0.682. The van der Waals surface area contributed by atoms with Crippen molar-refractivity contribution in [2.45, 2.75) is 44.0 Å². The fourth-order valence-corrected chi connectivity index (χ4v) is 3.68. The van der Waals surface area contributed by atoms with Crippen LogP contribution in [0.1, 0.15) is 25.7 Å². The topological polar surface area (TPSA) is 75.7 Å². The van der Waals surface area contributed by atoms with Gasteiger partial charge >= 0.3 is 12.1 Å². The van der Waals surface area contributed by atoms with Crippen LogP contribution in [0.15, 0.2) is 0 Å². The van der Waals surface area contributed by atoms with E-state index in [-0.39, 0.29) is 17.9 Å². The maximum absolute atomic E-state index is 13.2. The van der Waals surface area contributed by atoms with E-state index < -0.39 is 30.1 Å². The first-order valence-corrected chi connectivity index (χ1v) is 6.34. The van der Waals surface area contributed by atoms with E-state index in [0.29, 0.717) is 19.3 Å². The fourth-order valence-electron chi connectivity index (χ4n) is 3.68. The molecule has 4 bridgehead atoms. The Morgan fingerprint density at radius 3 is 2.74 bits per heavy atom. The second kappa shape index (κ2) is 4.13. The van der Waals surface area contributed by atoms with Gasteiger partial charge in [0, 0.05) is 0 Å². The van der Waals surface area contributed by atoms with Crippen LogP contribution in [0.3, 0.4) is 0 Å². The van der Waals surface area contributed by atoms with Gasteiger partial charge in [-0.15, -0.1) is 0 Å². The molecule has 19 heavy (non-hydrogen) atoms. The summed E-state index contributed by atoms with van der Waals surface area (Å²) in [6.07, 6.45) is -3.37. The summed E-state index contributed by atoms with van der Waals surface area (Å²) in [7, 11) is 0. The Labute approximate surface area is 107 Å². The van der Waals surface area contributed by atoms with E-state index >= 15 is 0 Å². The summed E-state index contributed by atoms with van der Waals surface area (Å²) in [5.41, 5.74) is 0. The van der Waals surface area contributed by atoms with Crippen molar-refractivity contribution in [1.29, 1.82) is 0 Å². The highest BCUT2D eigenvalue weighted by molar-refractivity contribution is 5.75. The molecule has 2 saturated heterocycles. The van der Waals surface area contributed by atoms with Gasteiger partial charge in [-0.1, -0.05) is 0 Å². The molecule has 5 unspecified atom stereocenters. The third-order valence-corrected chi connectivity index (χ3v) is 4.35. The van der Waals surface area contributed by atoms with Crippen LogP contribution in [0, 0.1) is 17.8 Å². The van der Waals surface area contributed by atoms with Crippen molar-refractivity contribution in [3.05, 3.63) is 0 Å². The first-order valence-electron chi connectivity index (χ1n) is 6.34. The Bertz CT molecular complexity index is 424. The van der Waals surface area contributed by atoms with Crippen LogP contribution in [0.25, 0.3) is 0 Å². The smallest absolute Gasteiger partial charge is 0.397 e. The molecular weight excluding hydrogens is 262 g/mol. The summed E-state index contributed by atoms with van der Waals surface area (Å²) in [5, 5.41) is 10.4. The van der Waals surface area contributed by atoms with Gasteiger partial charge in [0.1, 0.15) is 12.1 Å². The van der Waals surface area contributed by atoms with E-state index in [1.165, 1.54) is 0 Å². The van der Waals surface area contributed by atoms with Gasteiger partial charge in [-0.2, -0.15) is 8.78 Å². The van der Waals surface area contributed by atoms with Crippen molar-refractivity contribution in [3.63, 3.8) is 0 Å². The van der Waals surface area contributed by atoms with Gasteiger partial charge in [0.25, 0.3) is 0 Å². The molecule has 2 aliphatic heterocycles. The van der Waals surface area contributed by atoms with E-state index in [1.54, 1.807) is 0 Å². The first kappa shape index (κ1) is 12.8. The number of hydrogen-bond acceptors (Lipinski definition) is 5. The molecule has 0 aromatic carbocycles. The fraction of sp³-hybridized carbons (Fsp3) is 0.833. The van der Waals surface area contributed by atoms with Crippen molar-refractivity contribution in [3.8, 4) is 0 Å². The molecule has 5 nitrogen and oxygen atoms in total. The molecule has 0 N–H and O–H groups in total. The molecule has 0 aromatic heterocycles. The van der Waals surface area contributed by atoms with Gasteiger partial charge in [0.2, 0.25) is 0 Å². The summed E-state index contributed by atoms with van der Waals surface area (Å²) >= 11 is 0. The maximum atomic E-state index is 13.2. The number of ether oxygens (including phenoxy) is 2. The molecule has 2 aliphatic carbocycles. The third kappa shape index (κ3) is 2.09. The number of carboxylic acid groups (broad SMARTS) is 1. The number of fused-ring (bicyclic) bond motifs is 1. The highest BCUT2D eigenvalue weighted by Gasteiger charge is 2.54. The summed E-state index contributed by atoms with van der Waals surface area (Å²) < 4.78 is 36.0. The summed E-state index contributed by atoms with van der Waals surface area (Å²) in [5.74, 6) is -3.89. The molecule has 0 aromatic rings. The normalized spacial score (nSPS) is 40.9. The molecule has 106 valence electrons. The third-order valence-electron chi connectivity index (χ3n) is 4.35. The van der Waals surface area contributed by atoms with E-state index in [9.17, 15) is 23.5 Å². The van der Waals surface area contributed by atoms with Crippen molar-refractivity contribution < 1.29 is 33.0 Å². The lowest BCUT2D eigenvalue weighted by molar-refractivity contribution is -0.373. The molecule has 5 atom stereocenters. The number of hydrogen-bond donors (Lipinski definition) is 0. The maximum Gasteiger partial charge on any atom is 0.397 e. The molecule has 7 heteroatoms. The standard InChI is InChI=1S/C12H14F2O5/c13-12(14,11(16)17)19-9-6-1-5-2-7(4-6)18-10(15)8(9)3-5/h5-9H,1-4H2,(H,16,17)/p-1. The van der Waals surface area contributed by atoms with Crippen molar-refractivity contribution >= 4 is 11.9 Å². The van der Waals surface area contributed by atoms with Crippen LogP contribution >= 0.6 is 0 Å². The van der Waals surface area contributed by atoms with Gasteiger partial charge in [-0.25, -0.2) is 0 Å². The minimum Gasteiger partial charge on any atom is -0.542 e. The molecule has 4 aliphatic rings. The van der Waals surface area contributed by atoms with Crippen molar-refractivity contribution in [2.24, 2.45) is 17.8 Å². The second-order valence-electron chi connectivity index (χ2n) is 5.62. The number of rotatable bonds is 3. The number of carbonyl (C=O) groups is 2. The predicted molar refractivity (Wildman–Crippen MR) is 53.6 cm³/mol. The van der Waals surface area contributed by atoms with Crippen LogP contribution in [0.2, 0.25) is 0 Å². The first-order chi connectivity index (χ1) is 8.87. The number of halogens is 2. The van der Waals surface area contributed by atoms with Crippen LogP contribution in [-0.2, 0) is 19.1 Å². The molecule has 4 rings (SSSR count). The molecule has 0 spiro atoms. The zero-order valence-corrected chi connectivity index (χ0v) is 10.0. The van der Waals surface area contributed by atoms with E-state index in [1.807, 2.05) is 0 Å². The minimum atomic E-state index is -4.37.